The van der Waals surface area contributed by atoms with E-state index < -0.39 is 0 Å². The Hall–Kier alpha value is -2.86. The summed E-state index contributed by atoms with van der Waals surface area (Å²) in [6.45, 7) is 0. The van der Waals surface area contributed by atoms with E-state index in [9.17, 15) is 0 Å². The van der Waals surface area contributed by atoms with E-state index in [1.165, 1.54) is 54.2 Å². The van der Waals surface area contributed by atoms with Gasteiger partial charge in [-0.1, -0.05) is 66.7 Å². The SMILES string of the molecule is c1ccc2c3c4c(cc2c1)c1ccccc1c1cccc(c14)C3. The van der Waals surface area contributed by atoms with Crippen molar-refractivity contribution in [3.8, 4) is 0 Å². The van der Waals surface area contributed by atoms with Gasteiger partial charge in [-0.3, -0.25) is 0 Å². The Labute approximate surface area is 134 Å². The minimum absolute atomic E-state index is 1.06. The summed E-state index contributed by atoms with van der Waals surface area (Å²) in [5.41, 5.74) is 2.99. The van der Waals surface area contributed by atoms with Crippen molar-refractivity contribution in [2.24, 2.45) is 0 Å². The normalized spacial score (nSPS) is 13.0. The average molecular weight is 290 g/mol. The van der Waals surface area contributed by atoms with Crippen LogP contribution in [0.15, 0.2) is 72.8 Å². The van der Waals surface area contributed by atoms with Crippen LogP contribution in [0.3, 0.4) is 0 Å². The molecule has 1 aliphatic rings. The van der Waals surface area contributed by atoms with E-state index in [1.807, 2.05) is 0 Å². The molecular weight excluding hydrogens is 276 g/mol. The van der Waals surface area contributed by atoms with Crippen LogP contribution in [0.1, 0.15) is 11.1 Å². The Balaban J connectivity index is 2.06. The molecule has 0 heterocycles. The highest BCUT2D eigenvalue weighted by Gasteiger charge is 2.21. The minimum atomic E-state index is 1.06. The van der Waals surface area contributed by atoms with Crippen molar-refractivity contribution in [1.82, 2.24) is 0 Å². The number of hydrogen-bond donors (Lipinski definition) is 0. The Morgan fingerprint density at radius 2 is 1.22 bits per heavy atom. The predicted octanol–water partition coefficient (Wildman–Crippen LogP) is 6.20. The first-order valence-electron chi connectivity index (χ1n) is 8.18. The zero-order chi connectivity index (χ0) is 15.0. The van der Waals surface area contributed by atoms with Crippen LogP contribution in [0, 0.1) is 0 Å². The first-order valence-corrected chi connectivity index (χ1v) is 8.18. The highest BCUT2D eigenvalue weighted by Crippen LogP contribution is 2.45. The molecule has 0 aliphatic heterocycles. The molecular formula is C23H14. The quantitative estimate of drug-likeness (QED) is 0.231. The van der Waals surface area contributed by atoms with E-state index >= 15 is 0 Å². The van der Waals surface area contributed by atoms with Crippen LogP contribution in [-0.2, 0) is 6.42 Å². The van der Waals surface area contributed by atoms with Crippen LogP contribution in [0.25, 0.3) is 43.1 Å². The van der Waals surface area contributed by atoms with Crippen molar-refractivity contribution in [1.29, 1.82) is 0 Å². The van der Waals surface area contributed by atoms with Crippen molar-refractivity contribution in [3.05, 3.63) is 83.9 Å². The third kappa shape index (κ3) is 1.33. The topological polar surface area (TPSA) is 0 Å². The standard InChI is InChI=1S/C23H14/c1-2-8-16-14(6-1)12-21-18-10-4-3-9-17(18)19-11-5-7-15-13-20(16)23(21)22(15)19/h1-12H,13H2. The second-order valence-electron chi connectivity index (χ2n) is 6.56. The van der Waals surface area contributed by atoms with Crippen molar-refractivity contribution >= 4 is 43.1 Å². The smallest absolute Gasteiger partial charge is 0.000683 e. The van der Waals surface area contributed by atoms with Gasteiger partial charge in [-0.15, -0.1) is 0 Å². The Morgan fingerprint density at radius 1 is 0.522 bits per heavy atom. The first kappa shape index (κ1) is 11.7. The van der Waals surface area contributed by atoms with Crippen molar-refractivity contribution < 1.29 is 0 Å². The van der Waals surface area contributed by atoms with Gasteiger partial charge in [0, 0.05) is 0 Å². The van der Waals surface area contributed by atoms with E-state index in [-0.39, 0.29) is 0 Å². The summed E-state index contributed by atoms with van der Waals surface area (Å²) < 4.78 is 0. The molecule has 23 heavy (non-hydrogen) atoms. The lowest BCUT2D eigenvalue weighted by atomic mass is 9.92. The van der Waals surface area contributed by atoms with Crippen LogP contribution >= 0.6 is 0 Å². The maximum Gasteiger partial charge on any atom is -0.000683 e. The highest BCUT2D eigenvalue weighted by molar-refractivity contribution is 6.30. The highest BCUT2D eigenvalue weighted by atomic mass is 14.2. The molecule has 0 amide bonds. The maximum absolute atomic E-state index is 2.39. The molecule has 1 aliphatic carbocycles. The van der Waals surface area contributed by atoms with Gasteiger partial charge in [-0.25, -0.2) is 0 Å². The first-order chi connectivity index (χ1) is 11.4. The molecule has 0 bridgehead atoms. The fraction of sp³-hybridized carbons (Fsp3) is 0.0435. The molecule has 0 unspecified atom stereocenters. The summed E-state index contributed by atoms with van der Waals surface area (Å²) in [7, 11) is 0. The summed E-state index contributed by atoms with van der Waals surface area (Å²) in [6, 6.07) is 26.8. The Kier molecular flexibility index (Phi) is 1.98. The number of fused-ring (bicyclic) bond motifs is 5. The maximum atomic E-state index is 2.39. The zero-order valence-electron chi connectivity index (χ0n) is 12.6. The number of hydrogen-bond acceptors (Lipinski definition) is 0. The monoisotopic (exact) mass is 290 g/mol. The van der Waals surface area contributed by atoms with Crippen LogP contribution in [0.4, 0.5) is 0 Å². The van der Waals surface area contributed by atoms with Gasteiger partial charge in [-0.2, -0.15) is 0 Å². The van der Waals surface area contributed by atoms with Crippen LogP contribution in [0.5, 0.6) is 0 Å². The van der Waals surface area contributed by atoms with Crippen LogP contribution < -0.4 is 0 Å². The molecule has 0 N–H and O–H groups in total. The van der Waals surface area contributed by atoms with Crippen molar-refractivity contribution in [2.75, 3.05) is 0 Å². The fourth-order valence-electron chi connectivity index (χ4n) is 4.51. The second kappa shape index (κ2) is 3.91. The molecule has 0 saturated heterocycles. The third-order valence-electron chi connectivity index (χ3n) is 5.43. The second-order valence-corrected chi connectivity index (χ2v) is 6.56. The largest absolute Gasteiger partial charge is 0.0616 e. The molecule has 0 nitrogen and oxygen atoms in total. The van der Waals surface area contributed by atoms with Gasteiger partial charge in [0.25, 0.3) is 0 Å². The third-order valence-corrected chi connectivity index (χ3v) is 5.43. The summed E-state index contributed by atoms with van der Waals surface area (Å²) in [5.74, 6) is 0. The van der Waals surface area contributed by atoms with Gasteiger partial charge < -0.3 is 0 Å². The van der Waals surface area contributed by atoms with E-state index in [4.69, 9.17) is 0 Å². The summed E-state index contributed by atoms with van der Waals surface area (Å²) >= 11 is 0. The fourth-order valence-corrected chi connectivity index (χ4v) is 4.51. The van der Waals surface area contributed by atoms with Crippen LogP contribution in [0.2, 0.25) is 0 Å². The van der Waals surface area contributed by atoms with Crippen molar-refractivity contribution in [2.45, 2.75) is 6.42 Å². The molecule has 0 radical (unpaired) electrons. The number of benzene rings is 5. The molecule has 106 valence electrons. The van der Waals surface area contributed by atoms with E-state index in [1.54, 1.807) is 0 Å². The molecule has 0 spiro atoms. The van der Waals surface area contributed by atoms with Gasteiger partial charge in [0.2, 0.25) is 0 Å². The molecule has 0 heteroatoms. The summed E-state index contributed by atoms with van der Waals surface area (Å²) in [6.07, 6.45) is 1.06. The van der Waals surface area contributed by atoms with Gasteiger partial charge in [0.1, 0.15) is 0 Å². The summed E-state index contributed by atoms with van der Waals surface area (Å²) in [5, 5.41) is 11.3. The molecule has 0 fully saturated rings. The lowest BCUT2D eigenvalue weighted by Crippen LogP contribution is -1.85. The number of rotatable bonds is 0. The summed E-state index contributed by atoms with van der Waals surface area (Å²) in [4.78, 5) is 0. The predicted molar refractivity (Wildman–Crippen MR) is 99.3 cm³/mol. The van der Waals surface area contributed by atoms with Gasteiger partial charge in [0.05, 0.1) is 0 Å². The van der Waals surface area contributed by atoms with Gasteiger partial charge in [0.15, 0.2) is 0 Å². The molecule has 6 rings (SSSR count). The lowest BCUT2D eigenvalue weighted by molar-refractivity contribution is 1.29. The minimum Gasteiger partial charge on any atom is -0.0616 e. The average Bonchev–Trinajstić information content (AvgIpc) is 3.01. The Morgan fingerprint density at radius 3 is 2.09 bits per heavy atom. The van der Waals surface area contributed by atoms with E-state index in [0.717, 1.165) is 6.42 Å². The van der Waals surface area contributed by atoms with Crippen molar-refractivity contribution in [3.63, 3.8) is 0 Å². The van der Waals surface area contributed by atoms with E-state index in [2.05, 4.69) is 72.8 Å². The van der Waals surface area contributed by atoms with E-state index in [0.29, 0.717) is 0 Å². The molecule has 0 atom stereocenters. The Bertz CT molecular complexity index is 1280. The van der Waals surface area contributed by atoms with Gasteiger partial charge >= 0.3 is 0 Å². The van der Waals surface area contributed by atoms with Gasteiger partial charge in [-0.05, 0) is 66.7 Å². The zero-order valence-corrected chi connectivity index (χ0v) is 12.6. The molecule has 0 aromatic heterocycles. The van der Waals surface area contributed by atoms with Crippen LogP contribution in [-0.4, -0.2) is 0 Å². The molecule has 5 aromatic rings. The molecule has 5 aromatic carbocycles. The molecule has 0 saturated carbocycles. The lowest BCUT2D eigenvalue weighted by Gasteiger charge is -2.11.